The fourth-order valence-electron chi connectivity index (χ4n) is 1.87. The van der Waals surface area contributed by atoms with Crippen LogP contribution in [0.1, 0.15) is 5.56 Å². The highest BCUT2D eigenvalue weighted by atomic mass is 79.9. The van der Waals surface area contributed by atoms with Crippen LogP contribution in [0.4, 0.5) is 10.1 Å². The lowest BCUT2D eigenvalue weighted by Crippen LogP contribution is -2.08. The first-order valence-corrected chi connectivity index (χ1v) is 9.01. The molecule has 0 saturated heterocycles. The van der Waals surface area contributed by atoms with Crippen molar-refractivity contribution in [1.29, 1.82) is 0 Å². The molecule has 112 valence electrons. The van der Waals surface area contributed by atoms with Crippen LogP contribution >= 0.6 is 27.5 Å². The molecule has 0 aliphatic rings. The van der Waals surface area contributed by atoms with E-state index in [9.17, 15) is 12.8 Å². The number of halogens is 3. The molecule has 2 aromatic rings. The summed E-state index contributed by atoms with van der Waals surface area (Å²) in [6.45, 7) is 0.171. The summed E-state index contributed by atoms with van der Waals surface area (Å²) < 4.78 is 37.5. The minimum absolute atomic E-state index is 0.162. The van der Waals surface area contributed by atoms with Crippen molar-refractivity contribution in [3.8, 4) is 0 Å². The molecule has 0 saturated carbocycles. The maximum absolute atomic E-state index is 13.2. The molecule has 0 aliphatic carbocycles. The van der Waals surface area contributed by atoms with Gasteiger partial charge in [-0.3, -0.25) is 0 Å². The van der Waals surface area contributed by atoms with E-state index in [1.165, 1.54) is 18.2 Å². The molecule has 0 fully saturated rings. The lowest BCUT2D eigenvalue weighted by Gasteiger charge is -2.13. The van der Waals surface area contributed by atoms with Crippen LogP contribution in [0.25, 0.3) is 0 Å². The van der Waals surface area contributed by atoms with Gasteiger partial charge < -0.3 is 5.32 Å². The summed E-state index contributed by atoms with van der Waals surface area (Å²) in [5.41, 5.74) is 0.979. The third kappa shape index (κ3) is 3.96. The Bertz CT molecular complexity index is 781. The average Bonchev–Trinajstić information content (AvgIpc) is 2.39. The zero-order chi connectivity index (χ0) is 15.6. The summed E-state index contributed by atoms with van der Waals surface area (Å²) in [5, 5.41) is 3.33. The van der Waals surface area contributed by atoms with Gasteiger partial charge in [-0.05, 0) is 46.3 Å². The molecule has 0 heterocycles. The first-order valence-electron chi connectivity index (χ1n) is 5.95. The summed E-state index contributed by atoms with van der Waals surface area (Å²) in [6, 6.07) is 8.92. The van der Waals surface area contributed by atoms with Crippen molar-refractivity contribution < 1.29 is 12.8 Å². The molecule has 0 spiro atoms. The number of hydrogen-bond donors (Lipinski definition) is 1. The lowest BCUT2D eigenvalue weighted by molar-refractivity contribution is 0.601. The van der Waals surface area contributed by atoms with Gasteiger partial charge in [0.1, 0.15) is 5.82 Å². The number of benzene rings is 2. The number of hydrogen-bond acceptors (Lipinski definition) is 3. The van der Waals surface area contributed by atoms with Gasteiger partial charge in [0.25, 0.3) is 0 Å². The van der Waals surface area contributed by atoms with E-state index in [-0.39, 0.29) is 17.3 Å². The van der Waals surface area contributed by atoms with E-state index in [2.05, 4.69) is 21.2 Å². The van der Waals surface area contributed by atoms with Gasteiger partial charge in [-0.15, -0.1) is 0 Å². The fraction of sp³-hybridized carbons (Fsp3) is 0.143. The Morgan fingerprint density at radius 2 is 2.00 bits per heavy atom. The minimum Gasteiger partial charge on any atom is -0.380 e. The van der Waals surface area contributed by atoms with Gasteiger partial charge >= 0.3 is 0 Å². The number of sulfone groups is 1. The molecule has 1 N–H and O–H groups in total. The normalized spacial score (nSPS) is 11.4. The molecule has 0 aromatic heterocycles. The van der Waals surface area contributed by atoms with Gasteiger partial charge in [-0.1, -0.05) is 17.7 Å². The van der Waals surface area contributed by atoms with Crippen molar-refractivity contribution in [3.05, 3.63) is 57.3 Å². The molecule has 0 atom stereocenters. The first-order chi connectivity index (χ1) is 9.79. The molecular formula is C14H12BrClFNO2S. The van der Waals surface area contributed by atoms with E-state index in [1.807, 2.05) is 0 Å². The van der Waals surface area contributed by atoms with E-state index in [4.69, 9.17) is 11.6 Å². The standard InChI is InChI=1S/C14H12BrClFNO2S/c1-21(19,20)14-4-2-3-12(16)10(14)8-18-13-7-9(17)5-6-11(13)15/h2-7,18H,8H2,1H3. The summed E-state index contributed by atoms with van der Waals surface area (Å²) in [4.78, 5) is 0.162. The van der Waals surface area contributed by atoms with Crippen LogP contribution in [0, 0.1) is 5.82 Å². The molecule has 2 aromatic carbocycles. The Balaban J connectivity index is 2.34. The van der Waals surface area contributed by atoms with Crippen molar-refractivity contribution in [2.45, 2.75) is 11.4 Å². The predicted octanol–water partition coefficient (Wildman–Crippen LogP) is 4.26. The van der Waals surface area contributed by atoms with Crippen LogP contribution in [0.5, 0.6) is 0 Å². The molecule has 3 nitrogen and oxygen atoms in total. The van der Waals surface area contributed by atoms with Crippen LogP contribution in [-0.2, 0) is 16.4 Å². The molecule has 2 rings (SSSR count). The summed E-state index contributed by atoms with van der Waals surface area (Å²) in [7, 11) is -3.39. The Kier molecular flexibility index (Phi) is 4.91. The van der Waals surface area contributed by atoms with Gasteiger partial charge in [0.05, 0.1) is 10.6 Å². The Morgan fingerprint density at radius 3 is 2.67 bits per heavy atom. The topological polar surface area (TPSA) is 46.2 Å². The van der Waals surface area contributed by atoms with Gasteiger partial charge in [0.2, 0.25) is 0 Å². The first kappa shape index (κ1) is 16.3. The lowest BCUT2D eigenvalue weighted by atomic mass is 10.2. The summed E-state index contributed by atoms with van der Waals surface area (Å²) in [5.74, 6) is -0.386. The highest BCUT2D eigenvalue weighted by Crippen LogP contribution is 2.27. The van der Waals surface area contributed by atoms with Crippen molar-refractivity contribution in [3.63, 3.8) is 0 Å². The molecule has 0 unspecified atom stereocenters. The number of rotatable bonds is 4. The van der Waals surface area contributed by atoms with Crippen LogP contribution in [0.15, 0.2) is 45.8 Å². The second-order valence-corrected chi connectivity index (χ2v) is 7.71. The van der Waals surface area contributed by atoms with Gasteiger partial charge in [-0.2, -0.15) is 0 Å². The molecule has 0 aliphatic heterocycles. The van der Waals surface area contributed by atoms with Crippen LogP contribution in [-0.4, -0.2) is 14.7 Å². The Morgan fingerprint density at radius 1 is 1.29 bits per heavy atom. The quantitative estimate of drug-likeness (QED) is 0.846. The van der Waals surface area contributed by atoms with E-state index in [1.54, 1.807) is 18.2 Å². The van der Waals surface area contributed by atoms with Crippen LogP contribution < -0.4 is 5.32 Å². The Hall–Kier alpha value is -1.11. The molecule has 0 amide bonds. The second kappa shape index (κ2) is 6.34. The molecule has 0 radical (unpaired) electrons. The van der Waals surface area contributed by atoms with Crippen LogP contribution in [0.3, 0.4) is 0 Å². The smallest absolute Gasteiger partial charge is 0.175 e. The molecule has 21 heavy (non-hydrogen) atoms. The van der Waals surface area contributed by atoms with Crippen LogP contribution in [0.2, 0.25) is 5.02 Å². The number of anilines is 1. The molecule has 0 bridgehead atoms. The fourth-order valence-corrected chi connectivity index (χ4v) is 3.51. The zero-order valence-corrected chi connectivity index (χ0v) is 14.2. The maximum atomic E-state index is 13.2. The largest absolute Gasteiger partial charge is 0.380 e. The highest BCUT2D eigenvalue weighted by Gasteiger charge is 2.16. The minimum atomic E-state index is -3.39. The zero-order valence-electron chi connectivity index (χ0n) is 11.0. The van der Waals surface area contributed by atoms with Crippen molar-refractivity contribution in [2.24, 2.45) is 0 Å². The highest BCUT2D eigenvalue weighted by molar-refractivity contribution is 9.10. The second-order valence-electron chi connectivity index (χ2n) is 4.47. The summed E-state index contributed by atoms with van der Waals surface area (Å²) >= 11 is 9.38. The monoisotopic (exact) mass is 391 g/mol. The van der Waals surface area contributed by atoms with E-state index in [0.717, 1.165) is 6.26 Å². The predicted molar refractivity (Wildman–Crippen MR) is 86.0 cm³/mol. The van der Waals surface area contributed by atoms with E-state index in [0.29, 0.717) is 20.7 Å². The van der Waals surface area contributed by atoms with Crippen molar-refractivity contribution in [1.82, 2.24) is 0 Å². The van der Waals surface area contributed by atoms with E-state index < -0.39 is 9.84 Å². The van der Waals surface area contributed by atoms with Gasteiger partial charge in [0.15, 0.2) is 9.84 Å². The number of nitrogens with one attached hydrogen (secondary N) is 1. The third-order valence-corrected chi connectivity index (χ3v) is 5.09. The maximum Gasteiger partial charge on any atom is 0.175 e. The average molecular weight is 393 g/mol. The van der Waals surface area contributed by atoms with Gasteiger partial charge in [0, 0.05) is 27.9 Å². The SMILES string of the molecule is CS(=O)(=O)c1cccc(Cl)c1CNc1cc(F)ccc1Br. The Labute approximate surface area is 136 Å². The molecular weight excluding hydrogens is 381 g/mol. The van der Waals surface area contributed by atoms with Gasteiger partial charge in [-0.25, -0.2) is 12.8 Å². The van der Waals surface area contributed by atoms with Crippen molar-refractivity contribution in [2.75, 3.05) is 11.6 Å². The summed E-state index contributed by atoms with van der Waals surface area (Å²) in [6.07, 6.45) is 1.13. The van der Waals surface area contributed by atoms with E-state index >= 15 is 0 Å². The van der Waals surface area contributed by atoms with Crippen molar-refractivity contribution >= 4 is 43.1 Å². The third-order valence-electron chi connectivity index (χ3n) is 2.86. The molecule has 7 heteroatoms.